The number of carbonyl (C=O) groups is 2. The molecule has 4 nitrogen and oxygen atoms in total. The van der Waals surface area contributed by atoms with Gasteiger partial charge in [-0.05, 0) is 25.0 Å². The minimum Gasteiger partial charge on any atom is -0.481 e. The van der Waals surface area contributed by atoms with Gasteiger partial charge in [-0.1, -0.05) is 37.5 Å². The summed E-state index contributed by atoms with van der Waals surface area (Å²) in [4.78, 5) is 23.4. The Labute approximate surface area is 112 Å². The van der Waals surface area contributed by atoms with E-state index in [1.165, 1.54) is 0 Å². The third kappa shape index (κ3) is 3.13. The molecule has 102 valence electrons. The maximum Gasteiger partial charge on any atom is 0.311 e. The molecular weight excluding hydrogens is 242 g/mol. The van der Waals surface area contributed by atoms with E-state index in [1.54, 1.807) is 24.3 Å². The van der Waals surface area contributed by atoms with Crippen molar-refractivity contribution in [2.75, 3.05) is 6.54 Å². The molecule has 1 amide bonds. The van der Waals surface area contributed by atoms with Gasteiger partial charge in [0.1, 0.15) is 0 Å². The lowest BCUT2D eigenvalue weighted by atomic mass is 9.74. The molecule has 0 spiro atoms. The second kappa shape index (κ2) is 5.87. The third-order valence-corrected chi connectivity index (χ3v) is 3.89. The zero-order chi connectivity index (χ0) is 13.7. The minimum atomic E-state index is -0.791. The smallest absolute Gasteiger partial charge is 0.311 e. The van der Waals surface area contributed by atoms with Crippen LogP contribution in [0.1, 0.15) is 42.5 Å². The molecule has 2 N–H and O–H groups in total. The van der Waals surface area contributed by atoms with E-state index in [9.17, 15) is 14.7 Å². The molecule has 19 heavy (non-hydrogen) atoms. The molecule has 0 radical (unpaired) electrons. The molecule has 1 fully saturated rings. The number of nitrogens with one attached hydrogen (secondary N) is 1. The standard InChI is InChI=1S/C15H19NO3/c17-13(12-7-3-1-4-8-12)16-11-15(14(18)19)9-5-2-6-10-15/h1,3-4,7-8H,2,5-6,9-11H2,(H,16,17)(H,18,19). The summed E-state index contributed by atoms with van der Waals surface area (Å²) in [5, 5.41) is 12.2. The van der Waals surface area contributed by atoms with Crippen LogP contribution in [0.4, 0.5) is 0 Å². The summed E-state index contributed by atoms with van der Waals surface area (Å²) < 4.78 is 0. The predicted molar refractivity (Wildman–Crippen MR) is 71.9 cm³/mol. The van der Waals surface area contributed by atoms with Crippen molar-refractivity contribution in [1.82, 2.24) is 5.32 Å². The van der Waals surface area contributed by atoms with Crippen LogP contribution in [-0.2, 0) is 4.79 Å². The second-order valence-corrected chi connectivity index (χ2v) is 5.19. The normalized spacial score (nSPS) is 17.7. The monoisotopic (exact) mass is 261 g/mol. The van der Waals surface area contributed by atoms with Crippen LogP contribution in [0.5, 0.6) is 0 Å². The molecule has 0 saturated heterocycles. The Bertz CT molecular complexity index is 450. The molecule has 0 aliphatic heterocycles. The van der Waals surface area contributed by atoms with Crippen molar-refractivity contribution in [3.63, 3.8) is 0 Å². The molecule has 1 aromatic carbocycles. The van der Waals surface area contributed by atoms with Gasteiger partial charge < -0.3 is 10.4 Å². The topological polar surface area (TPSA) is 66.4 Å². The SMILES string of the molecule is O=C(NCC1(C(=O)O)CCCCC1)c1ccccc1. The number of rotatable bonds is 4. The highest BCUT2D eigenvalue weighted by Crippen LogP contribution is 2.36. The Balaban J connectivity index is 2.00. The minimum absolute atomic E-state index is 0.202. The maximum atomic E-state index is 11.9. The van der Waals surface area contributed by atoms with Gasteiger partial charge in [-0.3, -0.25) is 9.59 Å². The van der Waals surface area contributed by atoms with Gasteiger partial charge >= 0.3 is 5.97 Å². The predicted octanol–water partition coefficient (Wildman–Crippen LogP) is 2.45. The van der Waals surface area contributed by atoms with Crippen molar-refractivity contribution < 1.29 is 14.7 Å². The zero-order valence-electron chi connectivity index (χ0n) is 10.9. The molecule has 0 unspecified atom stereocenters. The van der Waals surface area contributed by atoms with Crippen molar-refractivity contribution >= 4 is 11.9 Å². The summed E-state index contributed by atoms with van der Waals surface area (Å²) in [6, 6.07) is 8.88. The molecule has 1 aliphatic carbocycles. The molecule has 0 aromatic heterocycles. The first-order valence-corrected chi connectivity index (χ1v) is 6.71. The maximum absolute atomic E-state index is 11.9. The fourth-order valence-electron chi connectivity index (χ4n) is 2.64. The molecule has 0 heterocycles. The first kappa shape index (κ1) is 13.6. The van der Waals surface area contributed by atoms with Crippen LogP contribution in [-0.4, -0.2) is 23.5 Å². The van der Waals surface area contributed by atoms with Gasteiger partial charge in [0, 0.05) is 12.1 Å². The molecule has 1 saturated carbocycles. The Morgan fingerprint density at radius 3 is 2.32 bits per heavy atom. The molecule has 1 aromatic rings. The van der Waals surface area contributed by atoms with Gasteiger partial charge in [-0.25, -0.2) is 0 Å². The number of aliphatic carboxylic acids is 1. The first-order chi connectivity index (χ1) is 9.14. The number of amides is 1. The zero-order valence-corrected chi connectivity index (χ0v) is 10.9. The Kier molecular flexibility index (Phi) is 4.20. The summed E-state index contributed by atoms with van der Waals surface area (Å²) in [6.07, 6.45) is 4.23. The van der Waals surface area contributed by atoms with Crippen LogP contribution >= 0.6 is 0 Å². The van der Waals surface area contributed by atoms with Crippen molar-refractivity contribution in [2.24, 2.45) is 5.41 Å². The Morgan fingerprint density at radius 2 is 1.74 bits per heavy atom. The summed E-state index contributed by atoms with van der Waals surface area (Å²) in [5.74, 6) is -0.993. The molecule has 4 heteroatoms. The van der Waals surface area contributed by atoms with Gasteiger partial charge in [0.2, 0.25) is 0 Å². The molecule has 0 atom stereocenters. The van der Waals surface area contributed by atoms with Crippen LogP contribution in [0.3, 0.4) is 0 Å². The molecule has 1 aliphatic rings. The van der Waals surface area contributed by atoms with E-state index in [-0.39, 0.29) is 12.5 Å². The Hall–Kier alpha value is -1.84. The fourth-order valence-corrected chi connectivity index (χ4v) is 2.64. The third-order valence-electron chi connectivity index (χ3n) is 3.89. The lowest BCUT2D eigenvalue weighted by Crippen LogP contribution is -2.44. The lowest BCUT2D eigenvalue weighted by molar-refractivity contribution is -0.150. The van der Waals surface area contributed by atoms with Gasteiger partial charge in [-0.15, -0.1) is 0 Å². The highest BCUT2D eigenvalue weighted by molar-refractivity contribution is 5.94. The van der Waals surface area contributed by atoms with Crippen LogP contribution in [0.15, 0.2) is 30.3 Å². The molecule has 2 rings (SSSR count). The van der Waals surface area contributed by atoms with Crippen molar-refractivity contribution in [2.45, 2.75) is 32.1 Å². The number of benzene rings is 1. The van der Waals surface area contributed by atoms with E-state index in [1.807, 2.05) is 6.07 Å². The number of hydrogen-bond donors (Lipinski definition) is 2. The van der Waals surface area contributed by atoms with Crippen molar-refractivity contribution in [3.8, 4) is 0 Å². The van der Waals surface area contributed by atoms with Gasteiger partial charge in [-0.2, -0.15) is 0 Å². The van der Waals surface area contributed by atoms with Crippen LogP contribution < -0.4 is 5.32 Å². The first-order valence-electron chi connectivity index (χ1n) is 6.71. The van der Waals surface area contributed by atoms with Crippen LogP contribution in [0, 0.1) is 5.41 Å². The number of hydrogen-bond acceptors (Lipinski definition) is 2. The van der Waals surface area contributed by atoms with Gasteiger partial charge in [0.15, 0.2) is 0 Å². The van der Waals surface area contributed by atoms with Gasteiger partial charge in [0.05, 0.1) is 5.41 Å². The van der Waals surface area contributed by atoms with Crippen molar-refractivity contribution in [3.05, 3.63) is 35.9 Å². The number of carboxylic acid groups (broad SMARTS) is 1. The second-order valence-electron chi connectivity index (χ2n) is 5.19. The summed E-state index contributed by atoms with van der Waals surface area (Å²) in [6.45, 7) is 0.218. The average molecular weight is 261 g/mol. The van der Waals surface area contributed by atoms with Gasteiger partial charge in [0.25, 0.3) is 5.91 Å². The fraction of sp³-hybridized carbons (Fsp3) is 0.467. The van der Waals surface area contributed by atoms with E-state index in [0.717, 1.165) is 19.3 Å². The van der Waals surface area contributed by atoms with E-state index in [2.05, 4.69) is 5.32 Å². The highest BCUT2D eigenvalue weighted by atomic mass is 16.4. The highest BCUT2D eigenvalue weighted by Gasteiger charge is 2.39. The summed E-state index contributed by atoms with van der Waals surface area (Å²) >= 11 is 0. The van der Waals surface area contributed by atoms with Crippen molar-refractivity contribution in [1.29, 1.82) is 0 Å². The Morgan fingerprint density at radius 1 is 1.11 bits per heavy atom. The van der Waals surface area contributed by atoms with E-state index in [4.69, 9.17) is 0 Å². The number of carboxylic acids is 1. The van der Waals surface area contributed by atoms with Crippen LogP contribution in [0.2, 0.25) is 0 Å². The van der Waals surface area contributed by atoms with E-state index < -0.39 is 11.4 Å². The van der Waals surface area contributed by atoms with Crippen LogP contribution in [0.25, 0.3) is 0 Å². The summed E-state index contributed by atoms with van der Waals surface area (Å²) in [7, 11) is 0. The largest absolute Gasteiger partial charge is 0.481 e. The summed E-state index contributed by atoms with van der Waals surface area (Å²) in [5.41, 5.74) is -0.207. The lowest BCUT2D eigenvalue weighted by Gasteiger charge is -2.33. The molecular formula is C15H19NO3. The van der Waals surface area contributed by atoms with E-state index in [0.29, 0.717) is 18.4 Å². The molecule has 0 bridgehead atoms. The van der Waals surface area contributed by atoms with E-state index >= 15 is 0 Å². The quantitative estimate of drug-likeness (QED) is 0.875. The number of carbonyl (C=O) groups excluding carboxylic acids is 1. The average Bonchev–Trinajstić information content (AvgIpc) is 2.46.